The summed E-state index contributed by atoms with van der Waals surface area (Å²) in [6, 6.07) is 0. The molecule has 1 unspecified atom stereocenters. The second-order valence-corrected chi connectivity index (χ2v) is 3.39. The molecule has 1 fully saturated rings. The van der Waals surface area contributed by atoms with Crippen molar-refractivity contribution in [2.45, 2.75) is 45.5 Å². The molecule has 1 aliphatic heterocycles. The van der Waals surface area contributed by atoms with Gasteiger partial charge in [-0.3, -0.25) is 4.79 Å². The zero-order chi connectivity index (χ0) is 9.78. The normalized spacial score (nSPS) is 25.8. The van der Waals surface area contributed by atoms with Crippen molar-refractivity contribution in [3.63, 3.8) is 0 Å². The maximum absolute atomic E-state index is 9.00. The van der Waals surface area contributed by atoms with E-state index in [1.165, 1.54) is 0 Å². The molecule has 1 atom stereocenters. The lowest BCUT2D eigenvalue weighted by atomic mass is 10.1. The second kappa shape index (κ2) is 4.42. The van der Waals surface area contributed by atoms with E-state index in [0.717, 1.165) is 19.8 Å². The van der Waals surface area contributed by atoms with E-state index in [1.807, 2.05) is 13.8 Å². The minimum atomic E-state index is -0.833. The fourth-order valence-electron chi connectivity index (χ4n) is 0.957. The van der Waals surface area contributed by atoms with Gasteiger partial charge in [-0.25, -0.2) is 0 Å². The van der Waals surface area contributed by atoms with Crippen molar-refractivity contribution >= 4 is 5.97 Å². The molecule has 4 nitrogen and oxygen atoms in total. The lowest BCUT2D eigenvalue weighted by Gasteiger charge is -2.15. The molecule has 0 aromatic rings. The first kappa shape index (κ1) is 11.4. The second-order valence-electron chi connectivity index (χ2n) is 3.39. The molecule has 2 N–H and O–H groups in total. The molecule has 0 saturated carbocycles. The largest absolute Gasteiger partial charge is 0.481 e. The van der Waals surface area contributed by atoms with Crippen LogP contribution in [-0.2, 0) is 9.53 Å². The van der Waals surface area contributed by atoms with Gasteiger partial charge in [0, 0.05) is 13.3 Å². The van der Waals surface area contributed by atoms with Gasteiger partial charge in [0.2, 0.25) is 0 Å². The number of aliphatic hydroxyl groups excluding tert-OH is 1. The number of hydrogen-bond donors (Lipinski definition) is 2. The van der Waals surface area contributed by atoms with Crippen molar-refractivity contribution in [3.8, 4) is 0 Å². The number of ether oxygens (including phenoxy) is 1. The average molecular weight is 176 g/mol. The summed E-state index contributed by atoms with van der Waals surface area (Å²) in [5, 5.41) is 16.3. The number of carbonyl (C=O) groups is 1. The van der Waals surface area contributed by atoms with Crippen LogP contribution in [0, 0.1) is 0 Å². The quantitative estimate of drug-likeness (QED) is 0.577. The molecule has 1 rings (SSSR count). The summed E-state index contributed by atoms with van der Waals surface area (Å²) >= 11 is 0. The molecule has 0 aromatic carbocycles. The van der Waals surface area contributed by atoms with Gasteiger partial charge in [-0.05, 0) is 20.3 Å². The predicted molar refractivity (Wildman–Crippen MR) is 43.7 cm³/mol. The molecule has 12 heavy (non-hydrogen) atoms. The monoisotopic (exact) mass is 176 g/mol. The van der Waals surface area contributed by atoms with E-state index in [9.17, 15) is 0 Å². The van der Waals surface area contributed by atoms with Gasteiger partial charge in [0.15, 0.2) is 6.29 Å². The smallest absolute Gasteiger partial charge is 0.300 e. The third-order valence-corrected chi connectivity index (χ3v) is 1.45. The van der Waals surface area contributed by atoms with Crippen LogP contribution in [0.5, 0.6) is 0 Å². The van der Waals surface area contributed by atoms with Crippen LogP contribution in [0.3, 0.4) is 0 Å². The Kier molecular flexibility index (Phi) is 4.20. The van der Waals surface area contributed by atoms with Crippen molar-refractivity contribution in [1.82, 2.24) is 0 Å². The zero-order valence-electron chi connectivity index (χ0n) is 7.70. The molecule has 72 valence electrons. The first-order valence-electron chi connectivity index (χ1n) is 3.89. The van der Waals surface area contributed by atoms with Crippen LogP contribution in [0.2, 0.25) is 0 Å². The van der Waals surface area contributed by atoms with Crippen LogP contribution >= 0.6 is 0 Å². The van der Waals surface area contributed by atoms with Crippen molar-refractivity contribution in [1.29, 1.82) is 0 Å². The highest BCUT2D eigenvalue weighted by Crippen LogP contribution is 2.27. The van der Waals surface area contributed by atoms with E-state index in [-0.39, 0.29) is 5.60 Å². The van der Waals surface area contributed by atoms with Crippen molar-refractivity contribution in [2.75, 3.05) is 0 Å². The molecule has 0 spiro atoms. The van der Waals surface area contributed by atoms with Gasteiger partial charge in [0.25, 0.3) is 5.97 Å². The van der Waals surface area contributed by atoms with Crippen LogP contribution in [0.15, 0.2) is 0 Å². The van der Waals surface area contributed by atoms with E-state index in [0.29, 0.717) is 0 Å². The number of hydrogen-bond acceptors (Lipinski definition) is 3. The predicted octanol–water partition coefficient (Wildman–Crippen LogP) is 0.985. The summed E-state index contributed by atoms with van der Waals surface area (Å²) in [7, 11) is 0. The van der Waals surface area contributed by atoms with Crippen LogP contribution in [-0.4, -0.2) is 28.1 Å². The first-order valence-corrected chi connectivity index (χ1v) is 3.89. The molecule has 4 heteroatoms. The van der Waals surface area contributed by atoms with Crippen LogP contribution in [0.25, 0.3) is 0 Å². The summed E-state index contributed by atoms with van der Waals surface area (Å²) < 4.78 is 5.10. The fourth-order valence-corrected chi connectivity index (χ4v) is 0.957. The number of rotatable bonds is 0. The summed E-state index contributed by atoms with van der Waals surface area (Å²) in [4.78, 5) is 9.00. The highest BCUT2D eigenvalue weighted by Gasteiger charge is 2.29. The topological polar surface area (TPSA) is 66.8 Å². The van der Waals surface area contributed by atoms with E-state index in [4.69, 9.17) is 19.7 Å². The summed E-state index contributed by atoms with van der Waals surface area (Å²) in [6.45, 7) is 5.06. The Labute approximate surface area is 72.2 Å². The molecule has 1 heterocycles. The molecular weight excluding hydrogens is 160 g/mol. The summed E-state index contributed by atoms with van der Waals surface area (Å²) in [6.07, 6.45) is 1.24. The van der Waals surface area contributed by atoms with Gasteiger partial charge < -0.3 is 14.9 Å². The SMILES string of the molecule is CC(=O)O.CC1(C)CCC(O)O1. The van der Waals surface area contributed by atoms with Gasteiger partial charge in [-0.2, -0.15) is 0 Å². The molecule has 0 bridgehead atoms. The summed E-state index contributed by atoms with van der Waals surface area (Å²) in [5.41, 5.74) is -0.0839. The fraction of sp³-hybridized carbons (Fsp3) is 0.875. The Bertz CT molecular complexity index is 149. The Hall–Kier alpha value is -0.610. The van der Waals surface area contributed by atoms with Crippen molar-refractivity contribution in [2.24, 2.45) is 0 Å². The zero-order valence-corrected chi connectivity index (χ0v) is 7.70. The number of aliphatic hydroxyl groups is 1. The lowest BCUT2D eigenvalue weighted by Crippen LogP contribution is -2.19. The Balaban J connectivity index is 0.000000261. The van der Waals surface area contributed by atoms with Gasteiger partial charge in [0.1, 0.15) is 0 Å². The molecule has 0 aromatic heterocycles. The van der Waals surface area contributed by atoms with E-state index in [2.05, 4.69) is 0 Å². The van der Waals surface area contributed by atoms with Crippen LogP contribution < -0.4 is 0 Å². The molecule has 1 saturated heterocycles. The average Bonchev–Trinajstić information content (AvgIpc) is 2.07. The maximum atomic E-state index is 9.00. The highest BCUT2D eigenvalue weighted by atomic mass is 16.6. The number of carboxylic acids is 1. The van der Waals surface area contributed by atoms with E-state index >= 15 is 0 Å². The minimum Gasteiger partial charge on any atom is -0.481 e. The van der Waals surface area contributed by atoms with Gasteiger partial charge in [-0.1, -0.05) is 0 Å². The molecule has 1 aliphatic rings. The standard InChI is InChI=1S/C6H12O2.C2H4O2/c1-6(2)4-3-5(7)8-6;1-2(3)4/h5,7H,3-4H2,1-2H3;1H3,(H,3,4). The third kappa shape index (κ3) is 6.12. The van der Waals surface area contributed by atoms with Crippen molar-refractivity contribution in [3.05, 3.63) is 0 Å². The van der Waals surface area contributed by atoms with E-state index < -0.39 is 12.3 Å². The maximum Gasteiger partial charge on any atom is 0.300 e. The van der Waals surface area contributed by atoms with Gasteiger partial charge in [0.05, 0.1) is 5.60 Å². The van der Waals surface area contributed by atoms with Gasteiger partial charge >= 0.3 is 0 Å². The van der Waals surface area contributed by atoms with Crippen LogP contribution in [0.1, 0.15) is 33.6 Å². The summed E-state index contributed by atoms with van der Waals surface area (Å²) in [5.74, 6) is -0.833. The Morgan fingerprint density at radius 3 is 2.08 bits per heavy atom. The first-order chi connectivity index (χ1) is 5.33. The number of aliphatic carboxylic acids is 1. The molecule has 0 amide bonds. The molecular formula is C8H16O4. The van der Waals surface area contributed by atoms with Crippen LogP contribution in [0.4, 0.5) is 0 Å². The third-order valence-electron chi connectivity index (χ3n) is 1.45. The molecule has 0 radical (unpaired) electrons. The lowest BCUT2D eigenvalue weighted by molar-refractivity contribution is -0.134. The van der Waals surface area contributed by atoms with Gasteiger partial charge in [-0.15, -0.1) is 0 Å². The Morgan fingerprint density at radius 1 is 1.58 bits per heavy atom. The Morgan fingerprint density at radius 2 is 2.00 bits per heavy atom. The highest BCUT2D eigenvalue weighted by molar-refractivity contribution is 5.62. The molecule has 0 aliphatic carbocycles. The van der Waals surface area contributed by atoms with E-state index in [1.54, 1.807) is 0 Å². The number of carboxylic acid groups (broad SMARTS) is 1. The van der Waals surface area contributed by atoms with Crippen molar-refractivity contribution < 1.29 is 19.7 Å². The minimum absolute atomic E-state index is 0.0839.